The van der Waals surface area contributed by atoms with Gasteiger partial charge < -0.3 is 0 Å². The first-order valence-corrected chi connectivity index (χ1v) is 6.33. The van der Waals surface area contributed by atoms with E-state index in [0.29, 0.717) is 6.42 Å². The van der Waals surface area contributed by atoms with Gasteiger partial charge in [0.05, 0.1) is 0 Å². The molecule has 0 saturated heterocycles. The summed E-state index contributed by atoms with van der Waals surface area (Å²) in [7, 11) is 0. The molecule has 0 aliphatic rings. The highest BCUT2D eigenvalue weighted by atomic mass is 19.1. The van der Waals surface area contributed by atoms with Crippen LogP contribution in [0, 0.1) is 26.6 Å². The van der Waals surface area contributed by atoms with Crippen molar-refractivity contribution in [3.63, 3.8) is 0 Å². The van der Waals surface area contributed by atoms with E-state index in [2.05, 4.69) is 0 Å². The lowest BCUT2D eigenvalue weighted by molar-refractivity contribution is 0.0992. The number of ketones is 1. The molecule has 19 heavy (non-hydrogen) atoms. The number of benzene rings is 2. The Bertz CT molecular complexity index is 629. The topological polar surface area (TPSA) is 17.1 Å². The van der Waals surface area contributed by atoms with E-state index >= 15 is 0 Å². The van der Waals surface area contributed by atoms with E-state index in [9.17, 15) is 9.18 Å². The van der Waals surface area contributed by atoms with Gasteiger partial charge in [-0.15, -0.1) is 0 Å². The Morgan fingerprint density at radius 2 is 1.74 bits per heavy atom. The normalized spacial score (nSPS) is 10.5. The molecule has 2 aromatic rings. The van der Waals surface area contributed by atoms with Gasteiger partial charge in [-0.3, -0.25) is 4.79 Å². The maximum Gasteiger partial charge on any atom is 0.167 e. The highest BCUT2D eigenvalue weighted by Gasteiger charge is 2.11. The molecule has 0 radical (unpaired) electrons. The minimum absolute atomic E-state index is 0.0761. The third-order valence-electron chi connectivity index (χ3n) is 3.34. The maximum absolute atomic E-state index is 13.0. The van der Waals surface area contributed by atoms with Crippen molar-refractivity contribution in [2.24, 2.45) is 0 Å². The number of hydrogen-bond donors (Lipinski definition) is 0. The number of Topliss-reactive ketones (excluding diaryl/α,β-unsaturated/α-hetero) is 1. The van der Waals surface area contributed by atoms with Crippen molar-refractivity contribution in [3.05, 3.63) is 70.0 Å². The number of rotatable bonds is 3. The van der Waals surface area contributed by atoms with Gasteiger partial charge in [-0.25, -0.2) is 4.39 Å². The van der Waals surface area contributed by atoms with Crippen LogP contribution in [0.4, 0.5) is 4.39 Å². The van der Waals surface area contributed by atoms with Crippen molar-refractivity contribution in [2.45, 2.75) is 27.2 Å². The zero-order chi connectivity index (χ0) is 14.0. The monoisotopic (exact) mass is 256 g/mol. The fraction of sp³-hybridized carbons (Fsp3) is 0.235. The van der Waals surface area contributed by atoms with Crippen molar-refractivity contribution in [1.82, 2.24) is 0 Å². The predicted molar refractivity (Wildman–Crippen MR) is 75.1 cm³/mol. The van der Waals surface area contributed by atoms with Crippen LogP contribution >= 0.6 is 0 Å². The van der Waals surface area contributed by atoms with E-state index in [1.165, 1.54) is 12.1 Å². The summed E-state index contributed by atoms with van der Waals surface area (Å²) in [6, 6.07) is 10.4. The van der Waals surface area contributed by atoms with Crippen molar-refractivity contribution >= 4 is 5.78 Å². The third-order valence-corrected chi connectivity index (χ3v) is 3.34. The van der Waals surface area contributed by atoms with Crippen molar-refractivity contribution in [1.29, 1.82) is 0 Å². The molecule has 0 N–H and O–H groups in total. The van der Waals surface area contributed by atoms with E-state index in [0.717, 1.165) is 27.8 Å². The van der Waals surface area contributed by atoms with Gasteiger partial charge >= 0.3 is 0 Å². The molecule has 0 unspecified atom stereocenters. The van der Waals surface area contributed by atoms with E-state index < -0.39 is 0 Å². The molecule has 1 nitrogen and oxygen atoms in total. The minimum atomic E-state index is -0.264. The Morgan fingerprint density at radius 3 is 2.37 bits per heavy atom. The molecule has 2 aromatic carbocycles. The zero-order valence-electron chi connectivity index (χ0n) is 11.5. The second-order valence-corrected chi connectivity index (χ2v) is 4.99. The van der Waals surface area contributed by atoms with Gasteiger partial charge in [0, 0.05) is 12.0 Å². The summed E-state index contributed by atoms with van der Waals surface area (Å²) in [5.41, 5.74) is 4.58. The van der Waals surface area contributed by atoms with Gasteiger partial charge in [0.2, 0.25) is 0 Å². The molecule has 0 spiro atoms. The number of hydrogen-bond acceptors (Lipinski definition) is 1. The summed E-state index contributed by atoms with van der Waals surface area (Å²) in [5.74, 6) is -0.188. The SMILES string of the molecule is Cc1ccc(C(=O)Cc2ccc(F)cc2C)c(C)c1. The van der Waals surface area contributed by atoms with Crippen molar-refractivity contribution in [2.75, 3.05) is 0 Å². The molecule has 0 aliphatic heterocycles. The fourth-order valence-corrected chi connectivity index (χ4v) is 2.25. The molecule has 0 bridgehead atoms. The molecule has 0 atom stereocenters. The summed E-state index contributed by atoms with van der Waals surface area (Å²) in [4.78, 5) is 12.3. The smallest absolute Gasteiger partial charge is 0.167 e. The van der Waals surface area contributed by atoms with Gasteiger partial charge in [-0.1, -0.05) is 29.8 Å². The molecular formula is C17H17FO. The highest BCUT2D eigenvalue weighted by molar-refractivity contribution is 5.99. The molecule has 0 heterocycles. The second-order valence-electron chi connectivity index (χ2n) is 4.99. The van der Waals surface area contributed by atoms with Crippen LogP contribution in [-0.2, 0) is 6.42 Å². The number of halogens is 1. The second kappa shape index (κ2) is 5.35. The van der Waals surface area contributed by atoms with Crippen molar-refractivity contribution < 1.29 is 9.18 Å². The average Bonchev–Trinajstić information content (AvgIpc) is 2.32. The van der Waals surface area contributed by atoms with Crippen LogP contribution in [-0.4, -0.2) is 5.78 Å². The minimum Gasteiger partial charge on any atom is -0.294 e. The van der Waals surface area contributed by atoms with Crippen LogP contribution in [0.25, 0.3) is 0 Å². The lowest BCUT2D eigenvalue weighted by Crippen LogP contribution is -2.07. The van der Waals surface area contributed by atoms with E-state index in [1.54, 1.807) is 6.07 Å². The lowest BCUT2D eigenvalue weighted by Gasteiger charge is -2.08. The molecule has 0 aromatic heterocycles. The fourth-order valence-electron chi connectivity index (χ4n) is 2.25. The first kappa shape index (κ1) is 13.5. The van der Waals surface area contributed by atoms with Crippen LogP contribution in [0.2, 0.25) is 0 Å². The Hall–Kier alpha value is -1.96. The van der Waals surface area contributed by atoms with Gasteiger partial charge in [0.25, 0.3) is 0 Å². The van der Waals surface area contributed by atoms with Crippen LogP contribution in [0.5, 0.6) is 0 Å². The number of carbonyl (C=O) groups is 1. The molecule has 0 aliphatic carbocycles. The third kappa shape index (κ3) is 3.08. The van der Waals surface area contributed by atoms with Gasteiger partial charge in [0.15, 0.2) is 5.78 Å². The number of aryl methyl sites for hydroxylation is 3. The molecule has 0 amide bonds. The first-order chi connectivity index (χ1) is 8.97. The summed E-state index contributed by atoms with van der Waals surface area (Å²) in [6.07, 6.45) is 0.315. The van der Waals surface area contributed by atoms with Crippen LogP contribution in [0.15, 0.2) is 36.4 Å². The standard InChI is InChI=1S/C17H17FO/c1-11-4-7-16(13(3)8-11)17(19)10-14-5-6-15(18)9-12(14)2/h4-9H,10H2,1-3H3. The number of carbonyl (C=O) groups excluding carboxylic acids is 1. The Balaban J connectivity index is 2.25. The van der Waals surface area contributed by atoms with Crippen LogP contribution in [0.1, 0.15) is 32.6 Å². The molecular weight excluding hydrogens is 239 g/mol. The van der Waals surface area contributed by atoms with Gasteiger partial charge in [-0.05, 0) is 49.6 Å². The van der Waals surface area contributed by atoms with E-state index in [-0.39, 0.29) is 11.6 Å². The molecule has 2 rings (SSSR count). The Kier molecular flexibility index (Phi) is 3.79. The van der Waals surface area contributed by atoms with Crippen LogP contribution in [0.3, 0.4) is 0 Å². The van der Waals surface area contributed by atoms with Crippen LogP contribution < -0.4 is 0 Å². The molecule has 98 valence electrons. The Morgan fingerprint density at radius 1 is 1.00 bits per heavy atom. The summed E-state index contributed by atoms with van der Waals surface area (Å²) in [5, 5.41) is 0. The average molecular weight is 256 g/mol. The lowest BCUT2D eigenvalue weighted by atomic mass is 9.96. The van der Waals surface area contributed by atoms with E-state index in [4.69, 9.17) is 0 Å². The largest absolute Gasteiger partial charge is 0.294 e. The highest BCUT2D eigenvalue weighted by Crippen LogP contribution is 2.16. The van der Waals surface area contributed by atoms with Crippen molar-refractivity contribution in [3.8, 4) is 0 Å². The molecule has 0 saturated carbocycles. The zero-order valence-corrected chi connectivity index (χ0v) is 11.5. The predicted octanol–water partition coefficient (Wildman–Crippen LogP) is 4.18. The Labute approximate surface area is 113 Å². The van der Waals surface area contributed by atoms with E-state index in [1.807, 2.05) is 39.0 Å². The quantitative estimate of drug-likeness (QED) is 0.753. The van der Waals surface area contributed by atoms with Gasteiger partial charge in [0.1, 0.15) is 5.82 Å². The maximum atomic E-state index is 13.0. The summed E-state index contributed by atoms with van der Waals surface area (Å²) in [6.45, 7) is 5.77. The summed E-state index contributed by atoms with van der Waals surface area (Å²) >= 11 is 0. The van der Waals surface area contributed by atoms with Gasteiger partial charge in [-0.2, -0.15) is 0 Å². The molecule has 2 heteroatoms. The summed E-state index contributed by atoms with van der Waals surface area (Å²) < 4.78 is 13.0. The first-order valence-electron chi connectivity index (χ1n) is 6.33. The molecule has 0 fully saturated rings.